The minimum atomic E-state index is -0.0979. The standard InChI is InChI=1S/C16H19Br2NO3/c1-11(20)13-8-12(17)9-14(18)16(13)22-10-15(21)19-6-4-2-3-5-7-19/h8-9H,2-7,10H2,1H3. The number of ether oxygens (including phenoxy) is 1. The van der Waals surface area contributed by atoms with E-state index in [1.807, 2.05) is 4.90 Å². The lowest BCUT2D eigenvalue weighted by Crippen LogP contribution is -2.35. The van der Waals surface area contributed by atoms with E-state index >= 15 is 0 Å². The smallest absolute Gasteiger partial charge is 0.260 e. The molecular formula is C16H19Br2NO3. The quantitative estimate of drug-likeness (QED) is 0.670. The van der Waals surface area contributed by atoms with Crippen LogP contribution in [0.3, 0.4) is 0 Å². The molecule has 1 aromatic rings. The van der Waals surface area contributed by atoms with Gasteiger partial charge in [-0.15, -0.1) is 0 Å². The van der Waals surface area contributed by atoms with Crippen LogP contribution in [0.2, 0.25) is 0 Å². The van der Waals surface area contributed by atoms with Crippen molar-refractivity contribution in [2.75, 3.05) is 19.7 Å². The number of amides is 1. The first-order valence-corrected chi connectivity index (χ1v) is 8.98. The molecule has 0 atom stereocenters. The molecule has 1 aliphatic heterocycles. The molecule has 0 radical (unpaired) electrons. The summed E-state index contributed by atoms with van der Waals surface area (Å²) in [4.78, 5) is 25.9. The molecule has 6 heteroatoms. The number of hydrogen-bond donors (Lipinski definition) is 0. The molecule has 0 aliphatic carbocycles. The highest BCUT2D eigenvalue weighted by Gasteiger charge is 2.19. The largest absolute Gasteiger partial charge is 0.482 e. The zero-order valence-corrected chi connectivity index (χ0v) is 15.7. The Morgan fingerprint density at radius 2 is 1.77 bits per heavy atom. The molecule has 0 aromatic heterocycles. The molecule has 1 amide bonds. The Kier molecular flexibility index (Phi) is 6.44. The SMILES string of the molecule is CC(=O)c1cc(Br)cc(Br)c1OCC(=O)N1CCCCCC1. The summed E-state index contributed by atoms with van der Waals surface area (Å²) >= 11 is 6.75. The third-order valence-corrected chi connectivity index (χ3v) is 4.73. The third kappa shape index (κ3) is 4.56. The molecule has 0 unspecified atom stereocenters. The maximum absolute atomic E-state index is 12.3. The van der Waals surface area contributed by atoms with Gasteiger partial charge in [0.25, 0.3) is 5.91 Å². The maximum Gasteiger partial charge on any atom is 0.260 e. The Morgan fingerprint density at radius 3 is 2.36 bits per heavy atom. The minimum Gasteiger partial charge on any atom is -0.482 e. The van der Waals surface area contributed by atoms with Crippen molar-refractivity contribution in [3.8, 4) is 5.75 Å². The van der Waals surface area contributed by atoms with Crippen molar-refractivity contribution in [3.63, 3.8) is 0 Å². The number of Topliss-reactive ketones (excluding diaryl/α,β-unsaturated/α-hetero) is 1. The van der Waals surface area contributed by atoms with Crippen LogP contribution in [0.4, 0.5) is 0 Å². The summed E-state index contributed by atoms with van der Waals surface area (Å²) in [5.41, 5.74) is 0.463. The summed E-state index contributed by atoms with van der Waals surface area (Å²) < 4.78 is 7.11. The van der Waals surface area contributed by atoms with E-state index in [-0.39, 0.29) is 18.3 Å². The lowest BCUT2D eigenvalue weighted by Gasteiger charge is -2.21. The maximum atomic E-state index is 12.3. The van der Waals surface area contributed by atoms with Crippen LogP contribution in [0.15, 0.2) is 21.1 Å². The molecule has 1 saturated heterocycles. The first kappa shape index (κ1) is 17.5. The number of nitrogens with zero attached hydrogens (tertiary/aromatic N) is 1. The van der Waals surface area contributed by atoms with Gasteiger partial charge in [-0.1, -0.05) is 28.8 Å². The summed E-state index contributed by atoms with van der Waals surface area (Å²) in [7, 11) is 0. The van der Waals surface area contributed by atoms with Crippen LogP contribution in [0, 0.1) is 0 Å². The summed E-state index contributed by atoms with van der Waals surface area (Å²) in [5.74, 6) is 0.310. The van der Waals surface area contributed by atoms with E-state index in [4.69, 9.17) is 4.74 Å². The number of likely N-dealkylation sites (tertiary alicyclic amines) is 1. The normalized spacial score (nSPS) is 15.3. The first-order chi connectivity index (χ1) is 10.5. The second-order valence-electron chi connectivity index (χ2n) is 5.40. The number of ketones is 1. The molecule has 0 saturated carbocycles. The average Bonchev–Trinajstić information content (AvgIpc) is 2.74. The third-order valence-electron chi connectivity index (χ3n) is 3.69. The monoisotopic (exact) mass is 431 g/mol. The van der Waals surface area contributed by atoms with Crippen molar-refractivity contribution in [1.29, 1.82) is 0 Å². The van der Waals surface area contributed by atoms with Gasteiger partial charge in [0.2, 0.25) is 0 Å². The van der Waals surface area contributed by atoms with Gasteiger partial charge in [-0.3, -0.25) is 9.59 Å². The van der Waals surface area contributed by atoms with E-state index in [1.54, 1.807) is 12.1 Å². The molecule has 4 nitrogen and oxygen atoms in total. The Hall–Kier alpha value is -0.880. The fourth-order valence-electron chi connectivity index (χ4n) is 2.51. The van der Waals surface area contributed by atoms with Gasteiger partial charge in [0.15, 0.2) is 12.4 Å². The first-order valence-electron chi connectivity index (χ1n) is 7.39. The molecule has 1 aromatic carbocycles. The zero-order valence-electron chi connectivity index (χ0n) is 12.5. The number of halogens is 2. The predicted molar refractivity (Wildman–Crippen MR) is 92.4 cm³/mol. The van der Waals surface area contributed by atoms with Gasteiger partial charge in [-0.25, -0.2) is 0 Å². The Bertz CT molecular complexity index is 567. The van der Waals surface area contributed by atoms with Crippen LogP contribution in [0.25, 0.3) is 0 Å². The highest BCUT2D eigenvalue weighted by atomic mass is 79.9. The predicted octanol–water partition coefficient (Wildman–Crippen LogP) is 4.20. The zero-order chi connectivity index (χ0) is 16.1. The molecule has 1 heterocycles. The van der Waals surface area contributed by atoms with E-state index in [9.17, 15) is 9.59 Å². The summed E-state index contributed by atoms with van der Waals surface area (Å²) in [5, 5.41) is 0. The van der Waals surface area contributed by atoms with Crippen LogP contribution in [-0.2, 0) is 4.79 Å². The number of hydrogen-bond acceptors (Lipinski definition) is 3. The second kappa shape index (κ2) is 8.11. The fraction of sp³-hybridized carbons (Fsp3) is 0.500. The molecule has 0 bridgehead atoms. The van der Waals surface area contributed by atoms with Gasteiger partial charge in [-0.05, 0) is 47.8 Å². The van der Waals surface area contributed by atoms with Crippen molar-refractivity contribution >= 4 is 43.6 Å². The van der Waals surface area contributed by atoms with Crippen LogP contribution >= 0.6 is 31.9 Å². The van der Waals surface area contributed by atoms with Gasteiger partial charge >= 0.3 is 0 Å². The van der Waals surface area contributed by atoms with Crippen molar-refractivity contribution in [1.82, 2.24) is 4.90 Å². The second-order valence-corrected chi connectivity index (χ2v) is 7.17. The lowest BCUT2D eigenvalue weighted by molar-refractivity contribution is -0.133. The van der Waals surface area contributed by atoms with E-state index < -0.39 is 0 Å². The molecule has 120 valence electrons. The molecular weight excluding hydrogens is 414 g/mol. The van der Waals surface area contributed by atoms with E-state index in [1.165, 1.54) is 19.8 Å². The van der Waals surface area contributed by atoms with Gasteiger partial charge < -0.3 is 9.64 Å². The molecule has 1 fully saturated rings. The van der Waals surface area contributed by atoms with Crippen molar-refractivity contribution in [3.05, 3.63) is 26.6 Å². The molecule has 0 spiro atoms. The van der Waals surface area contributed by atoms with E-state index in [0.717, 1.165) is 30.4 Å². The molecule has 0 N–H and O–H groups in total. The average molecular weight is 433 g/mol. The summed E-state index contributed by atoms with van der Waals surface area (Å²) in [6.45, 7) is 3.03. The van der Waals surface area contributed by atoms with Gasteiger partial charge in [-0.2, -0.15) is 0 Å². The van der Waals surface area contributed by atoms with Gasteiger partial charge in [0, 0.05) is 17.6 Å². The van der Waals surface area contributed by atoms with Gasteiger partial charge in [0.05, 0.1) is 10.0 Å². The van der Waals surface area contributed by atoms with E-state index in [2.05, 4.69) is 31.9 Å². The Balaban J connectivity index is 2.07. The highest BCUT2D eigenvalue weighted by Crippen LogP contribution is 2.33. The van der Waals surface area contributed by atoms with Crippen LogP contribution in [-0.4, -0.2) is 36.3 Å². The van der Waals surface area contributed by atoms with Crippen LogP contribution < -0.4 is 4.74 Å². The van der Waals surface area contributed by atoms with Crippen molar-refractivity contribution in [2.45, 2.75) is 32.6 Å². The molecule has 22 heavy (non-hydrogen) atoms. The number of carbonyl (C=O) groups excluding carboxylic acids is 2. The van der Waals surface area contributed by atoms with Crippen molar-refractivity contribution < 1.29 is 14.3 Å². The Labute approximate surface area is 147 Å². The summed E-state index contributed by atoms with van der Waals surface area (Å²) in [6, 6.07) is 3.51. The van der Waals surface area contributed by atoms with E-state index in [0.29, 0.717) is 15.8 Å². The number of carbonyl (C=O) groups is 2. The molecule has 2 rings (SSSR count). The topological polar surface area (TPSA) is 46.6 Å². The highest BCUT2D eigenvalue weighted by molar-refractivity contribution is 9.11. The lowest BCUT2D eigenvalue weighted by atomic mass is 10.1. The van der Waals surface area contributed by atoms with Crippen LogP contribution in [0.1, 0.15) is 43.0 Å². The molecule has 1 aliphatic rings. The fourth-order valence-corrected chi connectivity index (χ4v) is 3.85. The van der Waals surface area contributed by atoms with Crippen LogP contribution in [0.5, 0.6) is 5.75 Å². The minimum absolute atomic E-state index is 0.0220. The van der Waals surface area contributed by atoms with Crippen molar-refractivity contribution in [2.24, 2.45) is 0 Å². The van der Waals surface area contributed by atoms with Gasteiger partial charge in [0.1, 0.15) is 5.75 Å². The summed E-state index contributed by atoms with van der Waals surface area (Å²) in [6.07, 6.45) is 4.45. The number of rotatable bonds is 4. The Morgan fingerprint density at radius 1 is 1.14 bits per heavy atom. The number of benzene rings is 1.